The maximum absolute atomic E-state index is 4.26. The third-order valence-corrected chi connectivity index (χ3v) is 1.88. The molecule has 0 bridgehead atoms. The van der Waals surface area contributed by atoms with Gasteiger partial charge in [-0.15, -0.1) is 0 Å². The smallest absolute Gasteiger partial charge is 0.0832 e. The van der Waals surface area contributed by atoms with E-state index in [-0.39, 0.29) is 9.90 Å². The lowest BCUT2D eigenvalue weighted by atomic mass is 10.1. The molecule has 2 aromatic rings. The third-order valence-electron chi connectivity index (χ3n) is 1.88. The van der Waals surface area contributed by atoms with Crippen molar-refractivity contribution in [3.8, 4) is 11.1 Å². The van der Waals surface area contributed by atoms with Crippen LogP contribution in [0.2, 0.25) is 0 Å². The number of hydrogen-bond donors (Lipinski definition) is 0. The molecule has 2 rings (SSSR count). The van der Waals surface area contributed by atoms with Gasteiger partial charge in [-0.3, -0.25) is 0 Å². The minimum absolute atomic E-state index is 0. The van der Waals surface area contributed by atoms with Crippen LogP contribution in [-0.2, 0) is 3.84 Å². The molecule has 0 aliphatic rings. The summed E-state index contributed by atoms with van der Waals surface area (Å²) in [6.45, 7) is 0. The van der Waals surface area contributed by atoms with Crippen molar-refractivity contribution in [3.05, 3.63) is 60.7 Å². The summed E-state index contributed by atoms with van der Waals surface area (Å²) in [4.78, 5) is 0. The van der Waals surface area contributed by atoms with Gasteiger partial charge in [0.05, 0.1) is 23.7 Å². The van der Waals surface area contributed by atoms with Crippen LogP contribution in [0.15, 0.2) is 60.7 Å². The quantitative estimate of drug-likeness (QED) is 0.684. The van der Waals surface area contributed by atoms with E-state index in [1.807, 2.05) is 12.1 Å². The average molecular weight is 275 g/mol. The molecule has 0 N–H and O–H groups in total. The van der Waals surface area contributed by atoms with Gasteiger partial charge in [-0.25, -0.2) is 0 Å². The van der Waals surface area contributed by atoms with E-state index in [1.165, 1.54) is 11.1 Å². The predicted octanol–water partition coefficient (Wildman–Crippen LogP) is 4.72. The molecule has 0 saturated heterocycles. The zero-order chi connectivity index (χ0) is 10.9. The SMILES string of the molecule is ClOCl.P.c1ccc(-c2ccccc2)cc1. The maximum Gasteiger partial charge on any atom is 0.0832 e. The summed E-state index contributed by atoms with van der Waals surface area (Å²) in [5.74, 6) is 0. The van der Waals surface area contributed by atoms with Crippen molar-refractivity contribution in [2.45, 2.75) is 0 Å². The highest BCUT2D eigenvalue weighted by Crippen LogP contribution is 2.17. The summed E-state index contributed by atoms with van der Waals surface area (Å²) in [5, 5.41) is 0. The van der Waals surface area contributed by atoms with E-state index < -0.39 is 0 Å². The summed E-state index contributed by atoms with van der Waals surface area (Å²) in [5.41, 5.74) is 2.55. The van der Waals surface area contributed by atoms with Gasteiger partial charge in [-0.05, 0) is 11.1 Å². The van der Waals surface area contributed by atoms with Crippen LogP contribution in [-0.4, -0.2) is 0 Å². The first-order valence-corrected chi connectivity index (χ1v) is 5.00. The van der Waals surface area contributed by atoms with Gasteiger partial charge in [-0.2, -0.15) is 13.7 Å². The van der Waals surface area contributed by atoms with Gasteiger partial charge in [0.15, 0.2) is 0 Å². The fourth-order valence-electron chi connectivity index (χ4n) is 1.26. The van der Waals surface area contributed by atoms with Gasteiger partial charge in [0.25, 0.3) is 0 Å². The molecule has 1 unspecified atom stereocenters. The van der Waals surface area contributed by atoms with Gasteiger partial charge < -0.3 is 0 Å². The molecule has 0 aliphatic carbocycles. The largest absolute Gasteiger partial charge is 0.166 e. The predicted molar refractivity (Wildman–Crippen MR) is 75.8 cm³/mol. The molecule has 0 radical (unpaired) electrons. The molecule has 0 amide bonds. The van der Waals surface area contributed by atoms with E-state index in [9.17, 15) is 0 Å². The first-order chi connectivity index (χ1) is 7.38. The van der Waals surface area contributed by atoms with Crippen molar-refractivity contribution in [2.75, 3.05) is 0 Å². The summed E-state index contributed by atoms with van der Waals surface area (Å²) in [7, 11) is 0. The van der Waals surface area contributed by atoms with Crippen LogP contribution in [0.1, 0.15) is 0 Å². The molecule has 2 aromatic carbocycles. The molecule has 0 heterocycles. The second-order valence-corrected chi connectivity index (χ2v) is 3.26. The zero-order valence-electron chi connectivity index (χ0n) is 8.64. The Morgan fingerprint density at radius 1 is 0.625 bits per heavy atom. The van der Waals surface area contributed by atoms with E-state index in [0.29, 0.717) is 0 Å². The highest BCUT2D eigenvalue weighted by atomic mass is 35.6. The van der Waals surface area contributed by atoms with E-state index in [4.69, 9.17) is 0 Å². The minimum atomic E-state index is 0. The fraction of sp³-hybridized carbons (Fsp3) is 0. The van der Waals surface area contributed by atoms with Gasteiger partial charge in [0.2, 0.25) is 0 Å². The molecule has 1 atom stereocenters. The van der Waals surface area contributed by atoms with Crippen molar-refractivity contribution in [1.82, 2.24) is 0 Å². The number of rotatable bonds is 1. The van der Waals surface area contributed by atoms with Crippen LogP contribution >= 0.6 is 33.6 Å². The lowest BCUT2D eigenvalue weighted by Gasteiger charge is -1.98. The van der Waals surface area contributed by atoms with Gasteiger partial charge in [0.1, 0.15) is 0 Å². The molecule has 16 heavy (non-hydrogen) atoms. The lowest BCUT2D eigenvalue weighted by molar-refractivity contribution is 0.697. The van der Waals surface area contributed by atoms with Gasteiger partial charge >= 0.3 is 0 Å². The Kier molecular flexibility index (Phi) is 9.27. The standard InChI is InChI=1S/C12H10.Cl2O.H3P/c1-3-7-11(8-4-1)12-9-5-2-6-10-12;1-3-2;/h1-10H;;1H3. The van der Waals surface area contributed by atoms with Gasteiger partial charge in [-0.1, -0.05) is 60.7 Å². The molecule has 0 fully saturated rings. The molecule has 0 spiro atoms. The van der Waals surface area contributed by atoms with Crippen molar-refractivity contribution >= 4 is 33.6 Å². The summed E-state index contributed by atoms with van der Waals surface area (Å²) in [6, 6.07) is 20.8. The van der Waals surface area contributed by atoms with Crippen LogP contribution in [0.5, 0.6) is 0 Å². The van der Waals surface area contributed by atoms with Crippen molar-refractivity contribution in [1.29, 1.82) is 0 Å². The highest BCUT2D eigenvalue weighted by molar-refractivity contribution is 6.92. The minimum Gasteiger partial charge on any atom is -0.166 e. The molecule has 0 aromatic heterocycles. The van der Waals surface area contributed by atoms with Crippen molar-refractivity contribution in [2.24, 2.45) is 0 Å². The Morgan fingerprint density at radius 3 is 1.12 bits per heavy atom. The number of halogens is 2. The Balaban J connectivity index is 0.000000511. The Bertz CT molecular complexity index is 330. The number of benzene rings is 2. The monoisotopic (exact) mass is 274 g/mol. The highest BCUT2D eigenvalue weighted by Gasteiger charge is 1.91. The van der Waals surface area contributed by atoms with Crippen molar-refractivity contribution < 1.29 is 3.84 Å². The van der Waals surface area contributed by atoms with Crippen LogP contribution in [0.4, 0.5) is 0 Å². The molecular formula is C12H13Cl2OP. The first kappa shape index (κ1) is 15.4. The summed E-state index contributed by atoms with van der Waals surface area (Å²) >= 11 is 8.53. The zero-order valence-corrected chi connectivity index (χ0v) is 11.6. The Labute approximate surface area is 109 Å². The second-order valence-electron chi connectivity index (χ2n) is 2.79. The molecule has 1 nitrogen and oxygen atoms in total. The van der Waals surface area contributed by atoms with E-state index in [0.717, 1.165) is 0 Å². The molecule has 0 saturated carbocycles. The molecule has 86 valence electrons. The fourth-order valence-corrected chi connectivity index (χ4v) is 1.26. The Morgan fingerprint density at radius 2 is 0.875 bits per heavy atom. The molecule has 4 heteroatoms. The maximum atomic E-state index is 4.26. The summed E-state index contributed by atoms with van der Waals surface area (Å²) < 4.78 is 3.19. The lowest BCUT2D eigenvalue weighted by Crippen LogP contribution is -1.73. The van der Waals surface area contributed by atoms with E-state index >= 15 is 0 Å². The number of hydrogen-bond acceptors (Lipinski definition) is 1. The van der Waals surface area contributed by atoms with E-state index in [1.54, 1.807) is 0 Å². The third kappa shape index (κ3) is 5.48. The van der Waals surface area contributed by atoms with Crippen molar-refractivity contribution in [3.63, 3.8) is 0 Å². The van der Waals surface area contributed by atoms with Crippen LogP contribution in [0, 0.1) is 0 Å². The Hall–Kier alpha value is -0.590. The molecular weight excluding hydrogens is 262 g/mol. The average Bonchev–Trinajstić information content (AvgIpc) is 2.32. The first-order valence-electron chi connectivity index (χ1n) is 4.38. The van der Waals surface area contributed by atoms with Crippen LogP contribution in [0.3, 0.4) is 0 Å². The van der Waals surface area contributed by atoms with Crippen LogP contribution in [0.25, 0.3) is 11.1 Å². The van der Waals surface area contributed by atoms with Gasteiger partial charge in [0, 0.05) is 0 Å². The van der Waals surface area contributed by atoms with Crippen LogP contribution < -0.4 is 0 Å². The molecule has 0 aliphatic heterocycles. The normalized spacial score (nSPS) is 8.38. The van der Waals surface area contributed by atoms with E-state index in [2.05, 4.69) is 76.1 Å². The summed E-state index contributed by atoms with van der Waals surface area (Å²) in [6.07, 6.45) is 0. The second kappa shape index (κ2) is 9.62. The topological polar surface area (TPSA) is 9.23 Å².